The summed E-state index contributed by atoms with van der Waals surface area (Å²) in [6.07, 6.45) is 2.65. The summed E-state index contributed by atoms with van der Waals surface area (Å²) in [6, 6.07) is 9.53. The highest BCUT2D eigenvalue weighted by Gasteiger charge is 2.19. The van der Waals surface area contributed by atoms with Crippen molar-refractivity contribution in [1.29, 1.82) is 5.26 Å². The third-order valence-corrected chi connectivity index (χ3v) is 5.50. The van der Waals surface area contributed by atoms with Crippen LogP contribution in [0.3, 0.4) is 0 Å². The van der Waals surface area contributed by atoms with Crippen molar-refractivity contribution in [1.82, 2.24) is 9.97 Å². The lowest BCUT2D eigenvalue weighted by Gasteiger charge is -2.12. The van der Waals surface area contributed by atoms with Gasteiger partial charge in [0.1, 0.15) is 5.58 Å². The summed E-state index contributed by atoms with van der Waals surface area (Å²) in [4.78, 5) is 8.59. The predicted octanol–water partition coefficient (Wildman–Crippen LogP) is 6.26. The molecule has 0 aliphatic heterocycles. The topological polar surface area (TPSA) is 62.7 Å². The number of aryl methyl sites for hydroxylation is 2. The molecule has 4 heteroatoms. The maximum Gasteiger partial charge on any atom is 0.227 e. The first kappa shape index (κ1) is 11.1. The van der Waals surface area contributed by atoms with Crippen LogP contribution in [0.2, 0.25) is 0 Å². The van der Waals surface area contributed by atoms with E-state index in [1.54, 1.807) is 18.2 Å². The van der Waals surface area contributed by atoms with Crippen LogP contribution in [-0.2, 0) is 6.37 Å². The Hall–Kier alpha value is -3.19. The molecule has 0 saturated heterocycles. The number of aromatic nitrogens is 2. The van der Waals surface area contributed by atoms with E-state index in [1.807, 2.05) is 0 Å². The number of hydrogen-bond acceptors (Lipinski definition) is 4. The molecule has 4 aromatic rings. The van der Waals surface area contributed by atoms with Gasteiger partial charge < -0.3 is 4.42 Å². The first-order valence-corrected chi connectivity index (χ1v) is 9.60. The Morgan fingerprint density at radius 2 is 2.14 bits per heavy atom. The van der Waals surface area contributed by atoms with Crippen molar-refractivity contribution in [2.24, 2.45) is 5.92 Å². The molecule has 3 aromatic heterocycles. The molecule has 1 aliphatic rings. The number of benzene rings is 1. The second-order valence-corrected chi connectivity index (χ2v) is 7.37. The fourth-order valence-corrected chi connectivity index (χ4v) is 4.06. The van der Waals surface area contributed by atoms with Crippen molar-refractivity contribution < 1.29 is 15.4 Å². The van der Waals surface area contributed by atoms with Gasteiger partial charge in [-0.1, -0.05) is 25.7 Å². The van der Waals surface area contributed by atoms with E-state index in [4.69, 9.17) is 15.4 Å². The van der Waals surface area contributed by atoms with E-state index in [0.717, 1.165) is 12.8 Å². The SMILES string of the molecule is [2H]C([2H])([2H])c1ccc2c(n1)oc1c(-c3cc(C([2H])([2H])[2H])c(C([2H])([2H])C4CCCC4)cn3)ccc(C#N)c12. The second-order valence-electron chi connectivity index (χ2n) is 7.37. The van der Waals surface area contributed by atoms with Crippen molar-refractivity contribution in [3.63, 3.8) is 0 Å². The Morgan fingerprint density at radius 3 is 2.93 bits per heavy atom. The highest BCUT2D eigenvalue weighted by molar-refractivity contribution is 6.11. The number of nitrogens with zero attached hydrogens (tertiary/aromatic N) is 3. The van der Waals surface area contributed by atoms with Gasteiger partial charge in [-0.2, -0.15) is 5.26 Å². The van der Waals surface area contributed by atoms with Crippen LogP contribution in [0.1, 0.15) is 59.0 Å². The molecule has 0 spiro atoms. The monoisotopic (exact) mass is 389 g/mol. The standard InChI is InChI=1S/C25H23N3O/c1-15-11-22(27-14-19(15)12-17-5-3-4-6-17)20-10-8-18(13-26)23-21-9-7-16(2)28-25(21)29-24(20)23/h7-11,14,17H,3-6,12H2,1-2H3/i1D3,2D3,12D2. The van der Waals surface area contributed by atoms with Crippen LogP contribution in [0.4, 0.5) is 0 Å². The van der Waals surface area contributed by atoms with Gasteiger partial charge in [0.05, 0.1) is 17.3 Å². The molecule has 144 valence electrons. The summed E-state index contributed by atoms with van der Waals surface area (Å²) in [7, 11) is 0. The second kappa shape index (κ2) is 7.00. The van der Waals surface area contributed by atoms with E-state index >= 15 is 0 Å². The lowest BCUT2D eigenvalue weighted by molar-refractivity contribution is 0.544. The lowest BCUT2D eigenvalue weighted by atomic mass is 9.95. The fourth-order valence-electron chi connectivity index (χ4n) is 4.06. The van der Waals surface area contributed by atoms with Crippen LogP contribution in [0.5, 0.6) is 0 Å². The zero-order chi connectivity index (χ0) is 26.8. The Balaban J connectivity index is 1.73. The number of nitriles is 1. The maximum atomic E-state index is 9.71. The summed E-state index contributed by atoms with van der Waals surface area (Å²) >= 11 is 0. The van der Waals surface area contributed by atoms with Gasteiger partial charge in [0.25, 0.3) is 0 Å². The van der Waals surface area contributed by atoms with Crippen LogP contribution in [0.15, 0.2) is 40.9 Å². The minimum atomic E-state index is -2.59. The van der Waals surface area contributed by atoms with E-state index in [9.17, 15) is 5.26 Å². The molecule has 0 radical (unpaired) electrons. The molecule has 1 aliphatic carbocycles. The number of rotatable bonds is 3. The summed E-state index contributed by atoms with van der Waals surface area (Å²) in [5.74, 6) is -0.281. The number of fused-ring (bicyclic) bond motifs is 3. The van der Waals surface area contributed by atoms with Crippen molar-refractivity contribution in [3.05, 3.63) is 58.9 Å². The van der Waals surface area contributed by atoms with Crippen LogP contribution in [-0.4, -0.2) is 9.97 Å². The molecule has 1 aromatic carbocycles. The lowest BCUT2D eigenvalue weighted by Crippen LogP contribution is -2.02. The first-order chi connectivity index (χ1) is 17.3. The van der Waals surface area contributed by atoms with E-state index in [1.165, 1.54) is 18.3 Å². The molecule has 4 nitrogen and oxygen atoms in total. The predicted molar refractivity (Wildman–Crippen MR) is 115 cm³/mol. The number of hydrogen-bond donors (Lipinski definition) is 0. The van der Waals surface area contributed by atoms with Gasteiger partial charge in [-0.25, -0.2) is 4.98 Å². The normalized spacial score (nSPS) is 20.1. The smallest absolute Gasteiger partial charge is 0.227 e. The largest absolute Gasteiger partial charge is 0.437 e. The Morgan fingerprint density at radius 1 is 1.24 bits per heavy atom. The quantitative estimate of drug-likeness (QED) is 0.414. The van der Waals surface area contributed by atoms with Gasteiger partial charge in [-0.3, -0.25) is 4.98 Å². The molecular formula is C25H23N3O. The maximum absolute atomic E-state index is 9.71. The van der Waals surface area contributed by atoms with Crippen LogP contribution >= 0.6 is 0 Å². The van der Waals surface area contributed by atoms with E-state index < -0.39 is 20.1 Å². The highest BCUT2D eigenvalue weighted by Crippen LogP contribution is 2.37. The van der Waals surface area contributed by atoms with Gasteiger partial charge in [0, 0.05) is 39.2 Å². The molecule has 0 atom stereocenters. The third kappa shape index (κ3) is 3.07. The molecule has 0 unspecified atom stereocenters. The Labute approximate surface area is 181 Å². The van der Waals surface area contributed by atoms with Gasteiger partial charge in [-0.05, 0) is 67.5 Å². The third-order valence-electron chi connectivity index (χ3n) is 5.50. The van der Waals surface area contributed by atoms with Crippen LogP contribution in [0.25, 0.3) is 33.3 Å². The number of furan rings is 1. The van der Waals surface area contributed by atoms with Gasteiger partial charge in [0.2, 0.25) is 5.71 Å². The summed E-state index contributed by atoms with van der Waals surface area (Å²) in [6.45, 7) is -5.03. The Kier molecular flexibility index (Phi) is 2.68. The van der Waals surface area contributed by atoms with E-state index in [-0.39, 0.29) is 45.3 Å². The van der Waals surface area contributed by atoms with Gasteiger partial charge in [0.15, 0.2) is 0 Å². The average molecular weight is 390 g/mol. The van der Waals surface area contributed by atoms with Crippen LogP contribution in [0, 0.1) is 31.0 Å². The van der Waals surface area contributed by atoms with Crippen molar-refractivity contribution in [2.45, 2.75) is 45.8 Å². The molecule has 0 N–H and O–H groups in total. The summed E-state index contributed by atoms with van der Waals surface area (Å²) in [5.41, 5.74) is 0.958. The van der Waals surface area contributed by atoms with Crippen LogP contribution < -0.4 is 0 Å². The van der Waals surface area contributed by atoms with Crippen molar-refractivity contribution in [3.8, 4) is 17.3 Å². The molecule has 0 amide bonds. The molecule has 1 saturated carbocycles. The van der Waals surface area contributed by atoms with E-state index in [0.29, 0.717) is 29.2 Å². The first-order valence-electron chi connectivity index (χ1n) is 13.6. The fraction of sp³-hybridized carbons (Fsp3) is 0.320. The minimum Gasteiger partial charge on any atom is -0.437 e. The molecule has 1 fully saturated rings. The molecule has 0 bridgehead atoms. The molecule has 29 heavy (non-hydrogen) atoms. The molecular weight excluding hydrogens is 358 g/mol. The number of pyridine rings is 2. The average Bonchev–Trinajstić information content (AvgIpc) is 3.50. The van der Waals surface area contributed by atoms with E-state index in [2.05, 4.69) is 16.0 Å². The minimum absolute atomic E-state index is 0.0396. The highest BCUT2D eigenvalue weighted by atomic mass is 16.3. The summed E-state index contributed by atoms with van der Waals surface area (Å²) < 4.78 is 70.8. The molecule has 5 rings (SSSR count). The summed E-state index contributed by atoms with van der Waals surface area (Å²) in [5, 5.41) is 10.6. The van der Waals surface area contributed by atoms with Gasteiger partial charge in [-0.15, -0.1) is 0 Å². The van der Waals surface area contributed by atoms with Gasteiger partial charge >= 0.3 is 0 Å². The zero-order valence-electron chi connectivity index (χ0n) is 23.6. The van der Waals surface area contributed by atoms with Crippen molar-refractivity contribution in [2.75, 3.05) is 0 Å². The molecule has 3 heterocycles. The zero-order valence-corrected chi connectivity index (χ0v) is 15.6. The Bertz CT molecular complexity index is 1560. The van der Waals surface area contributed by atoms with Crippen molar-refractivity contribution >= 4 is 22.1 Å².